The van der Waals surface area contributed by atoms with Gasteiger partial charge in [0.25, 0.3) is 0 Å². The lowest BCUT2D eigenvalue weighted by atomic mass is 9.87. The molecular formula is C29H33NO6. The second-order valence-corrected chi connectivity index (χ2v) is 8.55. The molecule has 0 saturated carbocycles. The van der Waals surface area contributed by atoms with E-state index in [1.54, 1.807) is 21.3 Å². The summed E-state index contributed by atoms with van der Waals surface area (Å²) in [6.07, 6.45) is 1.13. The van der Waals surface area contributed by atoms with E-state index in [2.05, 4.69) is 12.1 Å². The van der Waals surface area contributed by atoms with Gasteiger partial charge in [-0.25, -0.2) is 0 Å². The molecule has 1 aliphatic heterocycles. The van der Waals surface area contributed by atoms with Crippen molar-refractivity contribution in [2.45, 2.75) is 32.2 Å². The van der Waals surface area contributed by atoms with Crippen molar-refractivity contribution in [2.24, 2.45) is 0 Å². The summed E-state index contributed by atoms with van der Waals surface area (Å²) in [6.45, 7) is 3.16. The van der Waals surface area contributed by atoms with Crippen LogP contribution in [0.25, 0.3) is 0 Å². The zero-order valence-electron chi connectivity index (χ0n) is 21.3. The first-order valence-corrected chi connectivity index (χ1v) is 12.1. The highest BCUT2D eigenvalue weighted by Crippen LogP contribution is 2.40. The smallest absolute Gasteiger partial charge is 0.231 e. The largest absolute Gasteiger partial charge is 0.496 e. The van der Waals surface area contributed by atoms with Crippen molar-refractivity contribution in [1.29, 1.82) is 0 Å². The van der Waals surface area contributed by atoms with Crippen LogP contribution < -0.4 is 23.7 Å². The molecule has 0 N–H and O–H groups in total. The minimum Gasteiger partial charge on any atom is -0.496 e. The molecule has 4 rings (SSSR count). The fourth-order valence-electron chi connectivity index (χ4n) is 4.59. The zero-order valence-corrected chi connectivity index (χ0v) is 21.3. The summed E-state index contributed by atoms with van der Waals surface area (Å²) in [6, 6.07) is 19.8. The standard InChI is InChI=1S/C29H33NO6/c1-5-29(31)30(18-20-10-12-25(33-3)27(16-20)34-4)15-14-22(23-8-6-7-9-24(23)32-2)21-11-13-26-28(17-21)36-19-35-26/h6-13,16-17,22H,5,14-15,18-19H2,1-4H3. The number of nitrogens with zero attached hydrogens (tertiary/aromatic N) is 1. The van der Waals surface area contributed by atoms with Crippen LogP contribution in [-0.4, -0.2) is 45.5 Å². The van der Waals surface area contributed by atoms with Crippen LogP contribution in [0.1, 0.15) is 42.4 Å². The molecule has 0 aliphatic carbocycles. The third-order valence-electron chi connectivity index (χ3n) is 6.48. The minimum atomic E-state index is -0.00629. The van der Waals surface area contributed by atoms with Gasteiger partial charge >= 0.3 is 0 Å². The number of methoxy groups -OCH3 is 3. The fourth-order valence-corrected chi connectivity index (χ4v) is 4.59. The number of ether oxygens (including phenoxy) is 5. The Morgan fingerprint density at radius 1 is 0.889 bits per heavy atom. The van der Waals surface area contributed by atoms with Gasteiger partial charge in [0.15, 0.2) is 23.0 Å². The molecule has 0 fully saturated rings. The van der Waals surface area contributed by atoms with E-state index in [1.807, 2.05) is 60.4 Å². The van der Waals surface area contributed by atoms with Crippen LogP contribution in [0, 0.1) is 0 Å². The van der Waals surface area contributed by atoms with Gasteiger partial charge in [0.1, 0.15) is 5.75 Å². The Balaban J connectivity index is 1.62. The van der Waals surface area contributed by atoms with Gasteiger partial charge in [-0.3, -0.25) is 4.79 Å². The molecule has 0 spiro atoms. The summed E-state index contributed by atoms with van der Waals surface area (Å²) in [5.74, 6) is 3.68. The van der Waals surface area contributed by atoms with Crippen LogP contribution in [-0.2, 0) is 11.3 Å². The molecule has 3 aromatic rings. The monoisotopic (exact) mass is 491 g/mol. The summed E-state index contributed by atoms with van der Waals surface area (Å²) >= 11 is 0. The summed E-state index contributed by atoms with van der Waals surface area (Å²) in [5.41, 5.74) is 3.12. The van der Waals surface area contributed by atoms with E-state index >= 15 is 0 Å². The van der Waals surface area contributed by atoms with E-state index in [0.29, 0.717) is 37.4 Å². The highest BCUT2D eigenvalue weighted by Gasteiger charge is 2.24. The van der Waals surface area contributed by atoms with Gasteiger partial charge in [-0.1, -0.05) is 37.3 Å². The molecule has 1 heterocycles. The highest BCUT2D eigenvalue weighted by molar-refractivity contribution is 5.75. The molecule has 1 amide bonds. The summed E-state index contributed by atoms with van der Waals surface area (Å²) in [7, 11) is 4.90. The third-order valence-corrected chi connectivity index (χ3v) is 6.48. The van der Waals surface area contributed by atoms with Crippen LogP contribution in [0.3, 0.4) is 0 Å². The second-order valence-electron chi connectivity index (χ2n) is 8.55. The highest BCUT2D eigenvalue weighted by atomic mass is 16.7. The van der Waals surface area contributed by atoms with Crippen molar-refractivity contribution < 1.29 is 28.5 Å². The van der Waals surface area contributed by atoms with Crippen LogP contribution in [0.15, 0.2) is 60.7 Å². The number of hydrogen-bond acceptors (Lipinski definition) is 6. The number of carbonyl (C=O) groups is 1. The molecule has 7 nitrogen and oxygen atoms in total. The Morgan fingerprint density at radius 3 is 2.39 bits per heavy atom. The normalized spacial score (nSPS) is 12.7. The number of para-hydroxylation sites is 1. The molecule has 190 valence electrons. The molecule has 3 aromatic carbocycles. The van der Waals surface area contributed by atoms with Gasteiger partial charge in [-0.2, -0.15) is 0 Å². The van der Waals surface area contributed by atoms with Gasteiger partial charge in [-0.15, -0.1) is 0 Å². The van der Waals surface area contributed by atoms with Crippen molar-refractivity contribution in [3.8, 4) is 28.7 Å². The number of fused-ring (bicyclic) bond motifs is 1. The van der Waals surface area contributed by atoms with E-state index in [9.17, 15) is 4.79 Å². The first-order chi connectivity index (χ1) is 17.6. The van der Waals surface area contributed by atoms with Crippen LogP contribution in [0.5, 0.6) is 28.7 Å². The molecule has 1 atom stereocenters. The van der Waals surface area contributed by atoms with Crippen molar-refractivity contribution in [2.75, 3.05) is 34.7 Å². The van der Waals surface area contributed by atoms with E-state index in [-0.39, 0.29) is 18.6 Å². The molecule has 0 bridgehead atoms. The molecule has 0 aromatic heterocycles. The molecule has 0 radical (unpaired) electrons. The van der Waals surface area contributed by atoms with Crippen LogP contribution >= 0.6 is 0 Å². The quantitative estimate of drug-likeness (QED) is 0.358. The lowest BCUT2D eigenvalue weighted by Gasteiger charge is -2.27. The van der Waals surface area contributed by atoms with Crippen molar-refractivity contribution in [3.63, 3.8) is 0 Å². The molecule has 1 unspecified atom stereocenters. The number of benzene rings is 3. The lowest BCUT2D eigenvalue weighted by Crippen LogP contribution is -2.31. The Bertz CT molecular complexity index is 1190. The maximum atomic E-state index is 13.0. The van der Waals surface area contributed by atoms with Gasteiger partial charge in [0, 0.05) is 31.0 Å². The fraction of sp³-hybridized carbons (Fsp3) is 0.345. The minimum absolute atomic E-state index is 0.00629. The maximum Gasteiger partial charge on any atom is 0.231 e. The second kappa shape index (κ2) is 11.7. The van der Waals surface area contributed by atoms with Crippen LogP contribution in [0.2, 0.25) is 0 Å². The molecule has 7 heteroatoms. The predicted octanol–water partition coefficient (Wildman–Crippen LogP) is 5.40. The number of hydrogen-bond donors (Lipinski definition) is 0. The van der Waals surface area contributed by atoms with Crippen LogP contribution in [0.4, 0.5) is 0 Å². The SMILES string of the molecule is CCC(=O)N(CCC(c1ccc2c(c1)OCO2)c1ccccc1OC)Cc1ccc(OC)c(OC)c1. The van der Waals surface area contributed by atoms with E-state index < -0.39 is 0 Å². The average Bonchev–Trinajstić information content (AvgIpc) is 3.40. The Morgan fingerprint density at radius 2 is 1.64 bits per heavy atom. The molecule has 0 saturated heterocycles. The molecule has 36 heavy (non-hydrogen) atoms. The van der Waals surface area contributed by atoms with E-state index in [4.69, 9.17) is 23.7 Å². The Labute approximate surface area is 212 Å². The Hall–Kier alpha value is -3.87. The molecular weight excluding hydrogens is 458 g/mol. The third kappa shape index (κ3) is 5.51. The van der Waals surface area contributed by atoms with Crippen molar-refractivity contribution in [1.82, 2.24) is 4.90 Å². The number of amides is 1. The summed E-state index contributed by atoms with van der Waals surface area (Å²) in [5, 5.41) is 0. The topological polar surface area (TPSA) is 66.5 Å². The first-order valence-electron chi connectivity index (χ1n) is 12.1. The van der Waals surface area contributed by atoms with Gasteiger partial charge in [0.05, 0.1) is 21.3 Å². The van der Waals surface area contributed by atoms with E-state index in [1.165, 1.54) is 0 Å². The van der Waals surface area contributed by atoms with Gasteiger partial charge in [0.2, 0.25) is 12.7 Å². The van der Waals surface area contributed by atoms with Crippen molar-refractivity contribution >= 4 is 5.91 Å². The Kier molecular flexibility index (Phi) is 8.21. The van der Waals surface area contributed by atoms with Crippen molar-refractivity contribution in [3.05, 3.63) is 77.4 Å². The zero-order chi connectivity index (χ0) is 25.5. The average molecular weight is 492 g/mol. The lowest BCUT2D eigenvalue weighted by molar-refractivity contribution is -0.131. The number of rotatable bonds is 11. The number of carbonyl (C=O) groups excluding carboxylic acids is 1. The van der Waals surface area contributed by atoms with Gasteiger partial charge in [-0.05, 0) is 47.9 Å². The van der Waals surface area contributed by atoms with E-state index in [0.717, 1.165) is 33.9 Å². The first kappa shape index (κ1) is 25.2. The summed E-state index contributed by atoms with van der Waals surface area (Å²) in [4.78, 5) is 14.9. The van der Waals surface area contributed by atoms with Gasteiger partial charge < -0.3 is 28.6 Å². The predicted molar refractivity (Wildman–Crippen MR) is 137 cm³/mol. The molecule has 1 aliphatic rings. The maximum absolute atomic E-state index is 13.0. The summed E-state index contributed by atoms with van der Waals surface area (Å²) < 4.78 is 27.7.